The summed E-state index contributed by atoms with van der Waals surface area (Å²) in [7, 11) is 0. The van der Waals surface area contributed by atoms with Gasteiger partial charge in [-0.15, -0.1) is 0 Å². The molecule has 2 rings (SSSR count). The maximum Gasteiger partial charge on any atom is 0.306 e. The second-order valence-corrected chi connectivity index (χ2v) is 4.26. The first-order valence-corrected chi connectivity index (χ1v) is 6.23. The zero-order valence-corrected chi connectivity index (χ0v) is 10.9. The fourth-order valence-corrected chi connectivity index (χ4v) is 1.72. The molecule has 0 aliphatic heterocycles. The molecule has 0 fully saturated rings. The topological polar surface area (TPSA) is 82.5 Å². The molecule has 5 nitrogen and oxygen atoms in total. The molecular weight excluding hydrogens is 258 g/mol. The van der Waals surface area contributed by atoms with E-state index in [1.807, 2.05) is 42.5 Å². The lowest BCUT2D eigenvalue weighted by Gasteiger charge is -2.01. The van der Waals surface area contributed by atoms with E-state index in [0.717, 1.165) is 11.3 Å². The number of carbonyl (C=O) groups excluding carboxylic acids is 2. The fraction of sp³-hybridized carbons (Fsp3) is 0.200. The Kier molecular flexibility index (Phi) is 4.55. The Bertz CT molecular complexity index is 589. The third-order valence-electron chi connectivity index (χ3n) is 2.67. The Morgan fingerprint density at radius 3 is 2.55 bits per heavy atom. The lowest BCUT2D eigenvalue weighted by Crippen LogP contribution is -2.20. The Balaban J connectivity index is 1.87. The predicted molar refractivity (Wildman–Crippen MR) is 72.6 cm³/mol. The highest BCUT2D eigenvalue weighted by molar-refractivity contribution is 5.79. The van der Waals surface area contributed by atoms with Crippen LogP contribution in [0.4, 0.5) is 0 Å². The SMILES string of the molecule is NC(=O)COC(=O)CCc1ccc(-c2ccccc2)o1. The highest BCUT2D eigenvalue weighted by atomic mass is 16.5. The van der Waals surface area contributed by atoms with Crippen LogP contribution in [0.2, 0.25) is 0 Å². The minimum absolute atomic E-state index is 0.148. The number of esters is 1. The molecule has 20 heavy (non-hydrogen) atoms. The Hall–Kier alpha value is -2.56. The number of benzene rings is 1. The van der Waals surface area contributed by atoms with Crippen LogP contribution in [0.5, 0.6) is 0 Å². The average molecular weight is 273 g/mol. The van der Waals surface area contributed by atoms with Crippen LogP contribution in [0.25, 0.3) is 11.3 Å². The molecule has 2 N–H and O–H groups in total. The number of hydrogen-bond acceptors (Lipinski definition) is 4. The van der Waals surface area contributed by atoms with E-state index in [-0.39, 0.29) is 13.0 Å². The van der Waals surface area contributed by atoms with Crippen LogP contribution in [-0.4, -0.2) is 18.5 Å². The number of ether oxygens (including phenoxy) is 1. The van der Waals surface area contributed by atoms with Gasteiger partial charge >= 0.3 is 5.97 Å². The van der Waals surface area contributed by atoms with Crippen molar-refractivity contribution >= 4 is 11.9 Å². The normalized spacial score (nSPS) is 10.2. The van der Waals surface area contributed by atoms with Crippen LogP contribution in [0.15, 0.2) is 46.9 Å². The van der Waals surface area contributed by atoms with E-state index in [2.05, 4.69) is 4.74 Å². The first-order chi connectivity index (χ1) is 9.65. The van der Waals surface area contributed by atoms with E-state index < -0.39 is 11.9 Å². The molecule has 1 amide bonds. The third-order valence-corrected chi connectivity index (χ3v) is 2.67. The Labute approximate surface area is 116 Å². The third kappa shape index (κ3) is 3.98. The monoisotopic (exact) mass is 273 g/mol. The highest BCUT2D eigenvalue weighted by Crippen LogP contribution is 2.22. The van der Waals surface area contributed by atoms with Crippen LogP contribution in [0.3, 0.4) is 0 Å². The van der Waals surface area contributed by atoms with E-state index in [0.29, 0.717) is 12.2 Å². The van der Waals surface area contributed by atoms with Crippen molar-refractivity contribution in [1.82, 2.24) is 0 Å². The van der Waals surface area contributed by atoms with Crippen LogP contribution < -0.4 is 5.73 Å². The van der Waals surface area contributed by atoms with Gasteiger partial charge in [0.05, 0.1) is 6.42 Å². The van der Waals surface area contributed by atoms with Gasteiger partial charge < -0.3 is 14.9 Å². The van der Waals surface area contributed by atoms with Crippen LogP contribution in [-0.2, 0) is 20.7 Å². The summed E-state index contributed by atoms with van der Waals surface area (Å²) in [6.45, 7) is -0.383. The molecule has 0 saturated heterocycles. The smallest absolute Gasteiger partial charge is 0.306 e. The first-order valence-electron chi connectivity index (χ1n) is 6.23. The summed E-state index contributed by atoms with van der Waals surface area (Å²) in [6, 6.07) is 13.4. The highest BCUT2D eigenvalue weighted by Gasteiger charge is 2.09. The molecule has 0 unspecified atom stereocenters. The number of aryl methyl sites for hydroxylation is 1. The fourth-order valence-electron chi connectivity index (χ4n) is 1.72. The second-order valence-electron chi connectivity index (χ2n) is 4.26. The minimum atomic E-state index is -0.664. The maximum absolute atomic E-state index is 11.3. The van der Waals surface area contributed by atoms with Gasteiger partial charge in [0, 0.05) is 12.0 Å². The largest absolute Gasteiger partial charge is 0.461 e. The van der Waals surface area contributed by atoms with E-state index in [4.69, 9.17) is 10.2 Å². The quantitative estimate of drug-likeness (QED) is 0.815. The summed E-state index contributed by atoms with van der Waals surface area (Å²) in [5.41, 5.74) is 5.86. The van der Waals surface area contributed by atoms with Crippen molar-refractivity contribution in [3.63, 3.8) is 0 Å². The van der Waals surface area contributed by atoms with Gasteiger partial charge in [-0.1, -0.05) is 30.3 Å². The van der Waals surface area contributed by atoms with Gasteiger partial charge in [-0.05, 0) is 12.1 Å². The van der Waals surface area contributed by atoms with E-state index >= 15 is 0 Å². The van der Waals surface area contributed by atoms with Crippen molar-refractivity contribution in [3.8, 4) is 11.3 Å². The number of hydrogen-bond donors (Lipinski definition) is 1. The summed E-state index contributed by atoms with van der Waals surface area (Å²) in [5.74, 6) is 0.315. The molecule has 104 valence electrons. The molecule has 0 saturated carbocycles. The Morgan fingerprint density at radius 2 is 1.85 bits per heavy atom. The van der Waals surface area contributed by atoms with Gasteiger partial charge in [-0.2, -0.15) is 0 Å². The number of rotatable bonds is 6. The van der Waals surface area contributed by atoms with Crippen molar-refractivity contribution in [2.75, 3.05) is 6.61 Å². The number of furan rings is 1. The van der Waals surface area contributed by atoms with Gasteiger partial charge in [0.1, 0.15) is 11.5 Å². The molecule has 0 bridgehead atoms. The molecule has 2 aromatic rings. The van der Waals surface area contributed by atoms with Gasteiger partial charge in [0.15, 0.2) is 6.61 Å². The molecule has 1 heterocycles. The van der Waals surface area contributed by atoms with Crippen LogP contribution >= 0.6 is 0 Å². The first kappa shape index (κ1) is 13.9. The molecule has 0 aliphatic rings. The van der Waals surface area contributed by atoms with Crippen molar-refractivity contribution in [2.45, 2.75) is 12.8 Å². The summed E-state index contributed by atoms with van der Waals surface area (Å²) in [5, 5.41) is 0. The zero-order valence-electron chi connectivity index (χ0n) is 10.9. The zero-order chi connectivity index (χ0) is 14.4. The lowest BCUT2D eigenvalue weighted by atomic mass is 10.2. The summed E-state index contributed by atoms with van der Waals surface area (Å²) in [6.07, 6.45) is 0.569. The van der Waals surface area contributed by atoms with Crippen molar-refractivity contribution in [2.24, 2.45) is 5.73 Å². The number of nitrogens with two attached hydrogens (primary N) is 1. The molecule has 0 radical (unpaired) electrons. The standard InChI is InChI=1S/C15H15NO4/c16-14(17)10-19-15(18)9-7-12-6-8-13(20-12)11-4-2-1-3-5-11/h1-6,8H,7,9-10H2,(H2,16,17). The number of primary amides is 1. The summed E-state index contributed by atoms with van der Waals surface area (Å²) < 4.78 is 10.3. The lowest BCUT2D eigenvalue weighted by molar-refractivity contribution is -0.147. The number of carbonyl (C=O) groups is 2. The van der Waals surface area contributed by atoms with Crippen LogP contribution in [0.1, 0.15) is 12.2 Å². The van der Waals surface area contributed by atoms with Gasteiger partial charge in [-0.3, -0.25) is 9.59 Å². The van der Waals surface area contributed by atoms with Gasteiger partial charge in [-0.25, -0.2) is 0 Å². The van der Waals surface area contributed by atoms with Crippen molar-refractivity contribution in [1.29, 1.82) is 0 Å². The molecule has 0 spiro atoms. The van der Waals surface area contributed by atoms with E-state index in [1.165, 1.54) is 0 Å². The molecule has 1 aromatic heterocycles. The molecule has 0 aliphatic carbocycles. The molecular formula is C15H15NO4. The average Bonchev–Trinajstić information content (AvgIpc) is 2.93. The second kappa shape index (κ2) is 6.56. The predicted octanol–water partition coefficient (Wildman–Crippen LogP) is 1.91. The van der Waals surface area contributed by atoms with E-state index in [1.54, 1.807) is 0 Å². The Morgan fingerprint density at radius 1 is 1.10 bits per heavy atom. The molecule has 0 atom stereocenters. The van der Waals surface area contributed by atoms with Crippen LogP contribution in [0, 0.1) is 0 Å². The van der Waals surface area contributed by atoms with E-state index in [9.17, 15) is 9.59 Å². The summed E-state index contributed by atoms with van der Waals surface area (Å²) >= 11 is 0. The molecule has 5 heteroatoms. The van der Waals surface area contributed by atoms with Crippen molar-refractivity contribution in [3.05, 3.63) is 48.2 Å². The minimum Gasteiger partial charge on any atom is -0.461 e. The summed E-state index contributed by atoms with van der Waals surface area (Å²) in [4.78, 5) is 21.8. The van der Waals surface area contributed by atoms with Crippen molar-refractivity contribution < 1.29 is 18.7 Å². The maximum atomic E-state index is 11.3. The van der Waals surface area contributed by atoms with Gasteiger partial charge in [0.25, 0.3) is 5.91 Å². The molecule has 1 aromatic carbocycles. The number of amides is 1. The van der Waals surface area contributed by atoms with Gasteiger partial charge in [0.2, 0.25) is 0 Å².